The van der Waals surface area contributed by atoms with Crippen molar-refractivity contribution in [3.05, 3.63) is 48.8 Å². The van der Waals surface area contributed by atoms with E-state index in [9.17, 15) is 4.79 Å². The van der Waals surface area contributed by atoms with E-state index >= 15 is 0 Å². The van der Waals surface area contributed by atoms with Gasteiger partial charge in [-0.2, -0.15) is 0 Å². The van der Waals surface area contributed by atoms with Crippen molar-refractivity contribution in [3.63, 3.8) is 0 Å². The molecule has 0 spiro atoms. The first-order valence-electron chi connectivity index (χ1n) is 6.21. The minimum absolute atomic E-state index is 0.0348. The van der Waals surface area contributed by atoms with Crippen molar-refractivity contribution in [1.82, 2.24) is 4.98 Å². The SMILES string of the molecule is O=C1C(Br)CCN1c1ccc(-c2ccncc2)cc1. The Bertz CT molecular complexity index is 583. The van der Waals surface area contributed by atoms with Crippen LogP contribution in [0.1, 0.15) is 6.42 Å². The predicted molar refractivity (Wildman–Crippen MR) is 79.4 cm³/mol. The molecule has 3 rings (SSSR count). The third kappa shape index (κ3) is 2.40. The molecule has 1 atom stereocenters. The molecule has 4 heteroatoms. The first-order valence-corrected chi connectivity index (χ1v) is 7.13. The molecular weight excluding hydrogens is 304 g/mol. The number of hydrogen-bond acceptors (Lipinski definition) is 2. The summed E-state index contributed by atoms with van der Waals surface area (Å²) in [6.07, 6.45) is 4.43. The largest absolute Gasteiger partial charge is 0.311 e. The van der Waals surface area contributed by atoms with Gasteiger partial charge in [-0.05, 0) is 41.8 Å². The average Bonchev–Trinajstić information content (AvgIpc) is 2.80. The lowest BCUT2D eigenvalue weighted by Gasteiger charge is -2.16. The molecule has 1 aliphatic heterocycles. The number of benzene rings is 1. The molecule has 0 N–H and O–H groups in total. The minimum Gasteiger partial charge on any atom is -0.311 e. The number of hydrogen-bond donors (Lipinski definition) is 0. The van der Waals surface area contributed by atoms with Gasteiger partial charge in [0.25, 0.3) is 0 Å². The van der Waals surface area contributed by atoms with Gasteiger partial charge in [-0.1, -0.05) is 28.1 Å². The fraction of sp³-hybridized carbons (Fsp3) is 0.200. The minimum atomic E-state index is -0.0348. The summed E-state index contributed by atoms with van der Waals surface area (Å²) in [6.45, 7) is 0.781. The van der Waals surface area contributed by atoms with E-state index in [1.54, 1.807) is 12.4 Å². The molecule has 0 saturated carbocycles. The van der Waals surface area contributed by atoms with Crippen LogP contribution in [-0.4, -0.2) is 22.3 Å². The van der Waals surface area contributed by atoms with E-state index in [0.717, 1.165) is 29.8 Å². The van der Waals surface area contributed by atoms with Crippen molar-refractivity contribution in [3.8, 4) is 11.1 Å². The van der Waals surface area contributed by atoms with Crippen LogP contribution in [0.5, 0.6) is 0 Å². The summed E-state index contributed by atoms with van der Waals surface area (Å²) < 4.78 is 0. The number of amides is 1. The second kappa shape index (κ2) is 5.13. The zero-order valence-corrected chi connectivity index (χ0v) is 11.9. The Labute approximate surface area is 120 Å². The Hall–Kier alpha value is -1.68. The van der Waals surface area contributed by atoms with Crippen molar-refractivity contribution in [1.29, 1.82) is 0 Å². The molecule has 0 radical (unpaired) electrons. The first kappa shape index (κ1) is 12.4. The second-order valence-corrected chi connectivity index (χ2v) is 5.63. The van der Waals surface area contributed by atoms with Gasteiger partial charge < -0.3 is 4.90 Å². The number of halogens is 1. The summed E-state index contributed by atoms with van der Waals surface area (Å²) in [5, 5.41) is 0. The summed E-state index contributed by atoms with van der Waals surface area (Å²) in [5.74, 6) is 0.150. The molecule has 1 fully saturated rings. The summed E-state index contributed by atoms with van der Waals surface area (Å²) >= 11 is 3.39. The Morgan fingerprint density at radius 1 is 1.05 bits per heavy atom. The molecule has 0 aliphatic carbocycles. The summed E-state index contributed by atoms with van der Waals surface area (Å²) in [5.41, 5.74) is 3.23. The molecule has 1 amide bonds. The van der Waals surface area contributed by atoms with Crippen molar-refractivity contribution < 1.29 is 4.79 Å². The van der Waals surface area contributed by atoms with E-state index in [1.165, 1.54) is 0 Å². The van der Waals surface area contributed by atoms with Crippen LogP contribution in [0.4, 0.5) is 5.69 Å². The van der Waals surface area contributed by atoms with E-state index in [2.05, 4.69) is 20.9 Å². The molecule has 1 aromatic carbocycles. The van der Waals surface area contributed by atoms with Gasteiger partial charge in [0.2, 0.25) is 5.91 Å². The summed E-state index contributed by atoms with van der Waals surface area (Å²) in [7, 11) is 0. The lowest BCUT2D eigenvalue weighted by Crippen LogP contribution is -2.26. The molecule has 2 aromatic rings. The zero-order valence-electron chi connectivity index (χ0n) is 10.3. The summed E-state index contributed by atoms with van der Waals surface area (Å²) in [4.78, 5) is 17.7. The molecule has 1 saturated heterocycles. The Kier molecular flexibility index (Phi) is 3.34. The number of rotatable bonds is 2. The van der Waals surface area contributed by atoms with Gasteiger partial charge in [-0.3, -0.25) is 9.78 Å². The highest BCUT2D eigenvalue weighted by molar-refractivity contribution is 9.10. The second-order valence-electron chi connectivity index (χ2n) is 4.53. The fourth-order valence-corrected chi connectivity index (χ4v) is 2.73. The van der Waals surface area contributed by atoms with Gasteiger partial charge in [0.05, 0.1) is 4.83 Å². The number of alkyl halides is 1. The normalized spacial score (nSPS) is 18.9. The van der Waals surface area contributed by atoms with E-state index in [4.69, 9.17) is 0 Å². The lowest BCUT2D eigenvalue weighted by atomic mass is 10.1. The molecule has 0 bridgehead atoms. The zero-order chi connectivity index (χ0) is 13.2. The number of nitrogens with zero attached hydrogens (tertiary/aromatic N) is 2. The quantitative estimate of drug-likeness (QED) is 0.797. The van der Waals surface area contributed by atoms with E-state index < -0.39 is 0 Å². The maximum Gasteiger partial charge on any atom is 0.240 e. The maximum absolute atomic E-state index is 11.9. The van der Waals surface area contributed by atoms with E-state index in [1.807, 2.05) is 41.3 Å². The Morgan fingerprint density at radius 3 is 2.26 bits per heavy atom. The highest BCUT2D eigenvalue weighted by Crippen LogP contribution is 2.27. The molecular formula is C15H13BrN2O. The molecule has 1 unspecified atom stereocenters. The van der Waals surface area contributed by atoms with E-state index in [-0.39, 0.29) is 10.7 Å². The highest BCUT2D eigenvalue weighted by Gasteiger charge is 2.30. The highest BCUT2D eigenvalue weighted by atomic mass is 79.9. The van der Waals surface area contributed by atoms with Gasteiger partial charge in [-0.15, -0.1) is 0 Å². The van der Waals surface area contributed by atoms with Crippen LogP contribution in [0.15, 0.2) is 48.8 Å². The molecule has 96 valence electrons. The van der Waals surface area contributed by atoms with Crippen molar-refractivity contribution in [2.45, 2.75) is 11.2 Å². The number of pyridine rings is 1. The maximum atomic E-state index is 11.9. The van der Waals surface area contributed by atoms with Crippen LogP contribution in [0.2, 0.25) is 0 Å². The lowest BCUT2D eigenvalue weighted by molar-refractivity contribution is -0.116. The molecule has 2 heterocycles. The van der Waals surface area contributed by atoms with Crippen LogP contribution < -0.4 is 4.90 Å². The average molecular weight is 317 g/mol. The van der Waals surface area contributed by atoms with Crippen LogP contribution in [0.25, 0.3) is 11.1 Å². The van der Waals surface area contributed by atoms with Gasteiger partial charge in [-0.25, -0.2) is 0 Å². The van der Waals surface area contributed by atoms with Gasteiger partial charge in [0.1, 0.15) is 0 Å². The van der Waals surface area contributed by atoms with Crippen LogP contribution in [0.3, 0.4) is 0 Å². The fourth-order valence-electron chi connectivity index (χ4n) is 2.28. The third-order valence-electron chi connectivity index (χ3n) is 3.33. The topological polar surface area (TPSA) is 33.2 Å². The Balaban J connectivity index is 1.86. The molecule has 3 nitrogen and oxygen atoms in total. The number of aromatic nitrogens is 1. The first-order chi connectivity index (χ1) is 9.25. The number of anilines is 1. The van der Waals surface area contributed by atoms with Gasteiger partial charge in [0.15, 0.2) is 0 Å². The predicted octanol–water partition coefficient (Wildman–Crippen LogP) is 3.25. The van der Waals surface area contributed by atoms with Gasteiger partial charge >= 0.3 is 0 Å². The number of carbonyl (C=O) groups is 1. The van der Waals surface area contributed by atoms with Crippen molar-refractivity contribution in [2.24, 2.45) is 0 Å². The molecule has 1 aromatic heterocycles. The van der Waals surface area contributed by atoms with E-state index in [0.29, 0.717) is 0 Å². The Morgan fingerprint density at radius 2 is 1.68 bits per heavy atom. The molecule has 19 heavy (non-hydrogen) atoms. The standard InChI is InChI=1S/C15H13BrN2O/c16-14-7-10-18(15(14)19)13-3-1-11(2-4-13)12-5-8-17-9-6-12/h1-6,8-9,14H,7,10H2. The monoisotopic (exact) mass is 316 g/mol. The smallest absolute Gasteiger partial charge is 0.240 e. The van der Waals surface area contributed by atoms with Crippen LogP contribution in [-0.2, 0) is 4.79 Å². The third-order valence-corrected chi connectivity index (χ3v) is 4.18. The number of carbonyl (C=O) groups excluding carboxylic acids is 1. The molecule has 1 aliphatic rings. The van der Waals surface area contributed by atoms with Crippen molar-refractivity contribution >= 4 is 27.5 Å². The van der Waals surface area contributed by atoms with Gasteiger partial charge in [0, 0.05) is 24.6 Å². The summed E-state index contributed by atoms with van der Waals surface area (Å²) in [6, 6.07) is 12.0. The van der Waals surface area contributed by atoms with Crippen LogP contribution >= 0.6 is 15.9 Å². The van der Waals surface area contributed by atoms with Crippen LogP contribution in [0, 0.1) is 0 Å². The van der Waals surface area contributed by atoms with Crippen molar-refractivity contribution in [2.75, 3.05) is 11.4 Å².